The van der Waals surface area contributed by atoms with Crippen LogP contribution in [0.2, 0.25) is 5.02 Å². The van der Waals surface area contributed by atoms with Gasteiger partial charge in [0, 0.05) is 44.2 Å². The van der Waals surface area contributed by atoms with Gasteiger partial charge < -0.3 is 10.2 Å². The van der Waals surface area contributed by atoms with E-state index in [0.717, 1.165) is 24.1 Å². The number of piperidine rings is 1. The summed E-state index contributed by atoms with van der Waals surface area (Å²) in [7, 11) is -3.68. The van der Waals surface area contributed by atoms with Gasteiger partial charge in [0.2, 0.25) is 21.8 Å². The number of carbonyl (C=O) groups is 2. The van der Waals surface area contributed by atoms with Crippen LogP contribution >= 0.6 is 11.6 Å². The van der Waals surface area contributed by atoms with E-state index in [1.165, 1.54) is 16.4 Å². The summed E-state index contributed by atoms with van der Waals surface area (Å²) >= 11 is 5.88. The van der Waals surface area contributed by atoms with Crippen LogP contribution in [-0.4, -0.2) is 49.1 Å². The lowest BCUT2D eigenvalue weighted by molar-refractivity contribution is -0.128. The van der Waals surface area contributed by atoms with E-state index in [1.54, 1.807) is 12.1 Å². The third-order valence-electron chi connectivity index (χ3n) is 6.31. The number of amides is 2. The quantitative estimate of drug-likeness (QED) is 0.647. The minimum absolute atomic E-state index is 0.153. The number of hydrogen-bond acceptors (Lipinski definition) is 4. The summed E-state index contributed by atoms with van der Waals surface area (Å²) in [5.41, 5.74) is 1.98. The maximum atomic E-state index is 13.0. The summed E-state index contributed by atoms with van der Waals surface area (Å²) in [6.07, 6.45) is 2.74. The van der Waals surface area contributed by atoms with Gasteiger partial charge in [0.15, 0.2) is 0 Å². The highest BCUT2D eigenvalue weighted by Crippen LogP contribution is 2.25. The zero-order chi connectivity index (χ0) is 23.4. The number of likely N-dealkylation sites (tertiary alicyclic amines) is 1. The van der Waals surface area contributed by atoms with Gasteiger partial charge in [-0.3, -0.25) is 9.59 Å². The van der Waals surface area contributed by atoms with Crippen LogP contribution < -0.4 is 5.32 Å². The smallest absolute Gasteiger partial charge is 0.243 e. The molecule has 0 aromatic heterocycles. The molecule has 176 valence electrons. The van der Waals surface area contributed by atoms with Crippen LogP contribution in [0.5, 0.6) is 0 Å². The van der Waals surface area contributed by atoms with Crippen molar-refractivity contribution in [2.75, 3.05) is 19.6 Å². The van der Waals surface area contributed by atoms with Crippen molar-refractivity contribution in [2.45, 2.75) is 43.7 Å². The van der Waals surface area contributed by atoms with Crippen molar-refractivity contribution >= 4 is 33.4 Å². The maximum Gasteiger partial charge on any atom is 0.243 e. The summed E-state index contributed by atoms with van der Waals surface area (Å²) < 4.78 is 27.4. The van der Waals surface area contributed by atoms with Gasteiger partial charge in [-0.25, -0.2) is 8.42 Å². The molecule has 0 spiro atoms. The third-order valence-corrected chi connectivity index (χ3v) is 8.44. The zero-order valence-electron chi connectivity index (χ0n) is 18.4. The Bertz CT molecular complexity index is 1120. The number of sulfonamides is 1. The van der Waals surface area contributed by atoms with E-state index >= 15 is 0 Å². The highest BCUT2D eigenvalue weighted by molar-refractivity contribution is 7.89. The Balaban J connectivity index is 1.38. The van der Waals surface area contributed by atoms with E-state index in [1.807, 2.05) is 29.2 Å². The summed E-state index contributed by atoms with van der Waals surface area (Å²) in [5.74, 6) is -0.399. The van der Waals surface area contributed by atoms with Gasteiger partial charge in [0.05, 0.1) is 10.8 Å². The summed E-state index contributed by atoms with van der Waals surface area (Å²) in [5, 5.41) is 3.45. The highest BCUT2D eigenvalue weighted by atomic mass is 35.5. The Morgan fingerprint density at radius 2 is 1.76 bits per heavy atom. The average molecular weight is 490 g/mol. The van der Waals surface area contributed by atoms with Gasteiger partial charge in [0.1, 0.15) is 0 Å². The first-order valence-electron chi connectivity index (χ1n) is 11.2. The van der Waals surface area contributed by atoms with E-state index < -0.39 is 15.9 Å². The van der Waals surface area contributed by atoms with E-state index in [9.17, 15) is 18.0 Å². The fraction of sp³-hybridized carbons (Fsp3) is 0.417. The van der Waals surface area contributed by atoms with Crippen LogP contribution in [0, 0.1) is 5.92 Å². The molecule has 1 N–H and O–H groups in total. The van der Waals surface area contributed by atoms with Crippen LogP contribution in [0.1, 0.15) is 36.8 Å². The first-order valence-corrected chi connectivity index (χ1v) is 13.0. The van der Waals surface area contributed by atoms with Crippen molar-refractivity contribution in [3.8, 4) is 0 Å². The molecule has 1 unspecified atom stereocenters. The molecule has 0 radical (unpaired) electrons. The SMILES string of the molecule is O=C(NCc1ccccc1CN1CCCC1=O)C1CCCN(S(=O)(=O)c2ccc(Cl)cc2)C1. The summed E-state index contributed by atoms with van der Waals surface area (Å²) in [6.45, 7) is 2.20. The summed E-state index contributed by atoms with van der Waals surface area (Å²) in [6, 6.07) is 13.9. The van der Waals surface area contributed by atoms with Crippen molar-refractivity contribution in [2.24, 2.45) is 5.92 Å². The van der Waals surface area contributed by atoms with Gasteiger partial charge in [-0.05, 0) is 54.7 Å². The summed E-state index contributed by atoms with van der Waals surface area (Å²) in [4.78, 5) is 26.9. The van der Waals surface area contributed by atoms with Crippen molar-refractivity contribution in [3.63, 3.8) is 0 Å². The van der Waals surface area contributed by atoms with Crippen molar-refractivity contribution in [3.05, 3.63) is 64.7 Å². The zero-order valence-corrected chi connectivity index (χ0v) is 19.9. The minimum Gasteiger partial charge on any atom is -0.352 e. The molecular weight excluding hydrogens is 462 g/mol. The molecule has 7 nitrogen and oxygen atoms in total. The number of rotatable bonds is 7. The standard InChI is InChI=1S/C24H28ClN3O4S/c25-21-9-11-22(12-10-21)33(31,32)28-14-3-7-20(17-28)24(30)26-15-18-5-1-2-6-19(18)16-27-13-4-8-23(27)29/h1-2,5-6,9-12,20H,3-4,7-8,13-17H2,(H,26,30). The van der Waals surface area contributed by atoms with E-state index in [-0.39, 0.29) is 23.3 Å². The van der Waals surface area contributed by atoms with Gasteiger partial charge >= 0.3 is 0 Å². The van der Waals surface area contributed by atoms with E-state index in [4.69, 9.17) is 11.6 Å². The first kappa shape index (κ1) is 23.7. The Morgan fingerprint density at radius 1 is 1.03 bits per heavy atom. The van der Waals surface area contributed by atoms with Gasteiger partial charge in [0.25, 0.3) is 0 Å². The molecule has 2 aromatic rings. The monoisotopic (exact) mass is 489 g/mol. The number of carbonyl (C=O) groups excluding carboxylic acids is 2. The van der Waals surface area contributed by atoms with Gasteiger partial charge in [-0.2, -0.15) is 4.31 Å². The molecule has 33 heavy (non-hydrogen) atoms. The van der Waals surface area contributed by atoms with Gasteiger partial charge in [-0.15, -0.1) is 0 Å². The number of benzene rings is 2. The van der Waals surface area contributed by atoms with E-state index in [0.29, 0.717) is 43.9 Å². The fourth-order valence-electron chi connectivity index (χ4n) is 4.42. The predicted octanol–water partition coefficient (Wildman–Crippen LogP) is 3.18. The maximum absolute atomic E-state index is 13.0. The topological polar surface area (TPSA) is 86.8 Å². The van der Waals surface area contributed by atoms with Gasteiger partial charge in [-0.1, -0.05) is 35.9 Å². The van der Waals surface area contributed by atoms with Crippen LogP contribution in [0.15, 0.2) is 53.4 Å². The number of nitrogens with zero attached hydrogens (tertiary/aromatic N) is 2. The molecule has 2 amide bonds. The number of halogens is 1. The predicted molar refractivity (Wildman–Crippen MR) is 126 cm³/mol. The number of nitrogens with one attached hydrogen (secondary N) is 1. The van der Waals surface area contributed by atoms with Crippen molar-refractivity contribution in [1.29, 1.82) is 0 Å². The van der Waals surface area contributed by atoms with Crippen LogP contribution in [0.4, 0.5) is 0 Å². The molecule has 1 atom stereocenters. The second-order valence-electron chi connectivity index (χ2n) is 8.56. The minimum atomic E-state index is -3.68. The molecule has 0 saturated carbocycles. The Hall–Kier alpha value is -2.42. The van der Waals surface area contributed by atoms with Crippen LogP contribution in [0.3, 0.4) is 0 Å². The third kappa shape index (κ3) is 5.57. The molecule has 2 heterocycles. The molecule has 0 aliphatic carbocycles. The van der Waals surface area contributed by atoms with Crippen molar-refractivity contribution < 1.29 is 18.0 Å². The Labute approximate surface area is 199 Å². The lowest BCUT2D eigenvalue weighted by Gasteiger charge is -2.31. The first-order chi connectivity index (χ1) is 15.8. The molecule has 2 aliphatic heterocycles. The second-order valence-corrected chi connectivity index (χ2v) is 10.9. The average Bonchev–Trinajstić information content (AvgIpc) is 3.23. The molecule has 0 bridgehead atoms. The molecule has 4 rings (SSSR count). The Morgan fingerprint density at radius 3 is 2.45 bits per heavy atom. The second kappa shape index (κ2) is 10.2. The van der Waals surface area contributed by atoms with Crippen LogP contribution in [-0.2, 0) is 32.7 Å². The molecule has 2 aromatic carbocycles. The van der Waals surface area contributed by atoms with Crippen molar-refractivity contribution in [1.82, 2.24) is 14.5 Å². The number of hydrogen-bond donors (Lipinski definition) is 1. The molecule has 2 aliphatic rings. The highest BCUT2D eigenvalue weighted by Gasteiger charge is 2.33. The lowest BCUT2D eigenvalue weighted by atomic mass is 9.98. The molecule has 9 heteroatoms. The molecular formula is C24H28ClN3O4S. The molecule has 2 fully saturated rings. The normalized spacial score (nSPS) is 19.6. The molecule has 2 saturated heterocycles. The lowest BCUT2D eigenvalue weighted by Crippen LogP contribution is -2.45. The Kier molecular flexibility index (Phi) is 7.36. The fourth-order valence-corrected chi connectivity index (χ4v) is 6.07. The largest absolute Gasteiger partial charge is 0.352 e. The van der Waals surface area contributed by atoms with E-state index in [2.05, 4.69) is 5.32 Å². The van der Waals surface area contributed by atoms with Crippen LogP contribution in [0.25, 0.3) is 0 Å².